The Hall–Kier alpha value is -0.700. The molecule has 1 N–H and O–H groups in total. The van der Waals surface area contributed by atoms with E-state index in [0.717, 1.165) is 0 Å². The first-order chi connectivity index (χ1) is 5.16. The molecule has 0 aliphatic carbocycles. The third kappa shape index (κ3) is 1.48. The first kappa shape index (κ1) is 8.40. The van der Waals surface area contributed by atoms with Gasteiger partial charge < -0.3 is 5.11 Å². The van der Waals surface area contributed by atoms with E-state index in [1.807, 2.05) is 0 Å². The van der Waals surface area contributed by atoms with Crippen LogP contribution in [0.4, 0.5) is 4.39 Å². The Morgan fingerprint density at radius 1 is 1.55 bits per heavy atom. The molecule has 0 spiro atoms. The molecule has 0 aliphatic rings. The van der Waals surface area contributed by atoms with Crippen molar-refractivity contribution in [2.24, 2.45) is 0 Å². The van der Waals surface area contributed by atoms with Crippen LogP contribution >= 0.6 is 12.6 Å². The van der Waals surface area contributed by atoms with Crippen molar-refractivity contribution >= 4 is 12.6 Å². The van der Waals surface area contributed by atoms with Crippen LogP contribution < -0.4 is 0 Å². The van der Waals surface area contributed by atoms with E-state index in [9.17, 15) is 4.39 Å². The zero-order chi connectivity index (χ0) is 8.43. The highest BCUT2D eigenvalue weighted by Gasteiger charge is 2.07. The quantitative estimate of drug-likeness (QED) is 0.623. The topological polar surface area (TPSA) is 20.2 Å². The molecule has 0 amide bonds. The normalized spacial score (nSPS) is 10.1. The summed E-state index contributed by atoms with van der Waals surface area (Å²) in [5, 5.41) is 9.13. The third-order valence-electron chi connectivity index (χ3n) is 1.57. The number of hydrogen-bond acceptors (Lipinski definition) is 2. The fraction of sp³-hybridized carbons (Fsp3) is 0.250. The summed E-state index contributed by atoms with van der Waals surface area (Å²) in [5.74, 6) is -0.164. The van der Waals surface area contributed by atoms with E-state index in [1.54, 1.807) is 6.92 Å². The molecule has 0 radical (unpaired) electrons. The monoisotopic (exact) mass is 172 g/mol. The van der Waals surface area contributed by atoms with Crippen LogP contribution in [0.1, 0.15) is 11.1 Å². The molecule has 0 aromatic heterocycles. The van der Waals surface area contributed by atoms with Gasteiger partial charge in [-0.1, -0.05) is 6.07 Å². The van der Waals surface area contributed by atoms with Crippen LogP contribution in [0.5, 0.6) is 5.75 Å². The SMILES string of the molecule is Cc1ccc(O)c(CS)c1F. The van der Waals surface area contributed by atoms with E-state index in [-0.39, 0.29) is 22.9 Å². The number of phenols is 1. The van der Waals surface area contributed by atoms with Gasteiger partial charge in [0.05, 0.1) is 0 Å². The molecule has 11 heavy (non-hydrogen) atoms. The summed E-state index contributed by atoms with van der Waals surface area (Å²) in [7, 11) is 0. The molecule has 1 aromatic rings. The van der Waals surface area contributed by atoms with Crippen molar-refractivity contribution in [3.05, 3.63) is 29.1 Å². The summed E-state index contributed by atoms with van der Waals surface area (Å²) in [5.41, 5.74) is 0.806. The summed E-state index contributed by atoms with van der Waals surface area (Å²) in [6.45, 7) is 1.65. The zero-order valence-corrected chi connectivity index (χ0v) is 7.03. The van der Waals surface area contributed by atoms with Crippen LogP contribution in [0, 0.1) is 12.7 Å². The minimum Gasteiger partial charge on any atom is -0.508 e. The Morgan fingerprint density at radius 3 is 2.64 bits per heavy atom. The largest absolute Gasteiger partial charge is 0.508 e. The van der Waals surface area contributed by atoms with Crippen LogP contribution in [0.2, 0.25) is 0 Å². The molecule has 0 fully saturated rings. The second-order valence-corrected chi connectivity index (χ2v) is 2.67. The smallest absolute Gasteiger partial charge is 0.133 e. The van der Waals surface area contributed by atoms with E-state index < -0.39 is 0 Å². The van der Waals surface area contributed by atoms with Crippen LogP contribution in [0.3, 0.4) is 0 Å². The highest BCUT2D eigenvalue weighted by Crippen LogP contribution is 2.23. The number of halogens is 1. The van der Waals surface area contributed by atoms with Crippen molar-refractivity contribution in [2.45, 2.75) is 12.7 Å². The molecule has 0 unspecified atom stereocenters. The van der Waals surface area contributed by atoms with E-state index in [0.29, 0.717) is 5.56 Å². The summed E-state index contributed by atoms with van der Waals surface area (Å²) < 4.78 is 13.1. The number of phenolic OH excluding ortho intramolecular Hbond substituents is 1. The van der Waals surface area contributed by atoms with Gasteiger partial charge in [-0.05, 0) is 18.6 Å². The molecular formula is C8H9FOS. The van der Waals surface area contributed by atoms with E-state index in [4.69, 9.17) is 5.11 Å². The van der Waals surface area contributed by atoms with Gasteiger partial charge in [-0.2, -0.15) is 12.6 Å². The van der Waals surface area contributed by atoms with Gasteiger partial charge >= 0.3 is 0 Å². The molecule has 3 heteroatoms. The fourth-order valence-electron chi connectivity index (χ4n) is 0.879. The minimum atomic E-state index is -0.361. The third-order valence-corrected chi connectivity index (χ3v) is 1.89. The summed E-state index contributed by atoms with van der Waals surface area (Å²) >= 11 is 3.90. The second-order valence-electron chi connectivity index (χ2n) is 2.35. The molecule has 1 aromatic carbocycles. The van der Waals surface area contributed by atoms with Crippen molar-refractivity contribution < 1.29 is 9.50 Å². The van der Waals surface area contributed by atoms with Gasteiger partial charge in [-0.15, -0.1) is 0 Å². The van der Waals surface area contributed by atoms with Gasteiger partial charge in [-0.3, -0.25) is 0 Å². The lowest BCUT2D eigenvalue weighted by atomic mass is 10.1. The molecule has 0 heterocycles. The molecule has 0 aliphatic heterocycles. The molecular weight excluding hydrogens is 163 g/mol. The number of benzene rings is 1. The lowest BCUT2D eigenvalue weighted by Gasteiger charge is -2.04. The molecule has 0 atom stereocenters. The number of aryl methyl sites for hydroxylation is 1. The maximum atomic E-state index is 13.1. The van der Waals surface area contributed by atoms with Gasteiger partial charge in [-0.25, -0.2) is 4.39 Å². The molecule has 0 saturated carbocycles. The van der Waals surface area contributed by atoms with E-state index in [2.05, 4.69) is 12.6 Å². The fourth-order valence-corrected chi connectivity index (χ4v) is 1.18. The summed E-state index contributed by atoms with van der Waals surface area (Å²) in [6, 6.07) is 3.02. The Balaban J connectivity index is 3.29. The second kappa shape index (κ2) is 3.13. The minimum absolute atomic E-state index is 0.0249. The van der Waals surface area contributed by atoms with Crippen LogP contribution in [0.25, 0.3) is 0 Å². The molecule has 1 rings (SSSR count). The van der Waals surface area contributed by atoms with Crippen molar-refractivity contribution in [3.8, 4) is 5.75 Å². The lowest BCUT2D eigenvalue weighted by molar-refractivity contribution is 0.461. The van der Waals surface area contributed by atoms with Crippen LogP contribution in [-0.2, 0) is 5.75 Å². The average Bonchev–Trinajstić information content (AvgIpc) is 1.99. The first-order valence-corrected chi connectivity index (χ1v) is 3.88. The maximum absolute atomic E-state index is 13.1. The molecule has 0 saturated heterocycles. The van der Waals surface area contributed by atoms with Crippen molar-refractivity contribution in [1.29, 1.82) is 0 Å². The molecule has 60 valence electrons. The average molecular weight is 172 g/mol. The van der Waals surface area contributed by atoms with Crippen LogP contribution in [0.15, 0.2) is 12.1 Å². The van der Waals surface area contributed by atoms with Gasteiger partial charge in [0.25, 0.3) is 0 Å². The summed E-state index contributed by atoms with van der Waals surface area (Å²) in [4.78, 5) is 0. The highest BCUT2D eigenvalue weighted by atomic mass is 32.1. The maximum Gasteiger partial charge on any atom is 0.133 e. The van der Waals surface area contributed by atoms with Crippen molar-refractivity contribution in [3.63, 3.8) is 0 Å². The van der Waals surface area contributed by atoms with Gasteiger partial charge in [0.2, 0.25) is 0 Å². The van der Waals surface area contributed by atoms with Crippen LogP contribution in [-0.4, -0.2) is 5.11 Å². The van der Waals surface area contributed by atoms with E-state index in [1.165, 1.54) is 12.1 Å². The number of rotatable bonds is 1. The van der Waals surface area contributed by atoms with Crippen molar-refractivity contribution in [2.75, 3.05) is 0 Å². The number of thiol groups is 1. The first-order valence-electron chi connectivity index (χ1n) is 3.24. The molecule has 0 bridgehead atoms. The summed E-state index contributed by atoms with van der Waals surface area (Å²) in [6.07, 6.45) is 0. The Bertz CT molecular complexity index is 273. The predicted octanol–water partition coefficient (Wildman–Crippen LogP) is 2.27. The van der Waals surface area contributed by atoms with Gasteiger partial charge in [0.15, 0.2) is 0 Å². The Morgan fingerprint density at radius 2 is 2.18 bits per heavy atom. The zero-order valence-electron chi connectivity index (χ0n) is 6.13. The molecule has 1 nitrogen and oxygen atoms in total. The van der Waals surface area contributed by atoms with E-state index >= 15 is 0 Å². The van der Waals surface area contributed by atoms with Crippen molar-refractivity contribution in [1.82, 2.24) is 0 Å². The lowest BCUT2D eigenvalue weighted by Crippen LogP contribution is -1.90. The number of aromatic hydroxyl groups is 1. The standard InChI is InChI=1S/C8H9FOS/c1-5-2-3-7(10)6(4-11)8(5)9/h2-3,10-11H,4H2,1H3. The van der Waals surface area contributed by atoms with Gasteiger partial charge in [0.1, 0.15) is 11.6 Å². The van der Waals surface area contributed by atoms with Gasteiger partial charge in [0, 0.05) is 11.3 Å². The number of hydrogen-bond donors (Lipinski definition) is 2. The highest BCUT2D eigenvalue weighted by molar-refractivity contribution is 7.79. The Kier molecular flexibility index (Phi) is 2.39. The Labute approximate surface area is 70.3 Å². The predicted molar refractivity (Wildman–Crippen MR) is 45.5 cm³/mol.